The van der Waals surface area contributed by atoms with Gasteiger partial charge in [0.25, 0.3) is 0 Å². The van der Waals surface area contributed by atoms with E-state index < -0.39 is 5.41 Å². The van der Waals surface area contributed by atoms with Crippen LogP contribution in [-0.4, -0.2) is 35.4 Å². The Labute approximate surface area is 110 Å². The van der Waals surface area contributed by atoms with Crippen LogP contribution < -0.4 is 5.69 Å². The topological polar surface area (TPSA) is 105 Å². The number of aromatic nitrogens is 7. The van der Waals surface area contributed by atoms with Gasteiger partial charge in [-0.25, -0.2) is 14.6 Å². The second kappa shape index (κ2) is 4.29. The number of aromatic amines is 2. The van der Waals surface area contributed by atoms with Crippen LogP contribution in [0.4, 0.5) is 0 Å². The average molecular weight is 265 g/mol. The molecule has 2 heterocycles. The van der Waals surface area contributed by atoms with Crippen molar-refractivity contribution in [2.45, 2.75) is 52.0 Å². The molecule has 0 aliphatic carbocycles. The van der Waals surface area contributed by atoms with Gasteiger partial charge in [0.1, 0.15) is 5.82 Å². The highest BCUT2D eigenvalue weighted by Gasteiger charge is 2.28. The lowest BCUT2D eigenvalue weighted by molar-refractivity contribution is 0.376. The largest absolute Gasteiger partial charge is 0.343 e. The lowest BCUT2D eigenvalue weighted by Crippen LogP contribution is -2.32. The van der Waals surface area contributed by atoms with E-state index in [9.17, 15) is 4.79 Å². The summed E-state index contributed by atoms with van der Waals surface area (Å²) in [5.74, 6) is 1.30. The minimum Gasteiger partial charge on any atom is -0.292 e. The molecule has 2 rings (SSSR count). The van der Waals surface area contributed by atoms with Crippen molar-refractivity contribution >= 4 is 0 Å². The Morgan fingerprint density at radius 1 is 1.16 bits per heavy atom. The van der Waals surface area contributed by atoms with Crippen molar-refractivity contribution in [1.29, 1.82) is 0 Å². The van der Waals surface area contributed by atoms with Crippen LogP contribution in [0.25, 0.3) is 0 Å². The first-order chi connectivity index (χ1) is 8.70. The van der Waals surface area contributed by atoms with Crippen LogP contribution >= 0.6 is 0 Å². The van der Waals surface area contributed by atoms with Crippen LogP contribution in [-0.2, 0) is 17.4 Å². The number of H-pyrrole nitrogens is 2. The molecule has 0 atom stereocenters. The summed E-state index contributed by atoms with van der Waals surface area (Å²) in [7, 11) is 0. The monoisotopic (exact) mass is 265 g/mol. The predicted molar refractivity (Wildman–Crippen MR) is 68.8 cm³/mol. The second-order valence-corrected chi connectivity index (χ2v) is 6.32. The number of tetrazole rings is 1. The molecule has 0 spiro atoms. The highest BCUT2D eigenvalue weighted by atomic mass is 16.1. The van der Waals surface area contributed by atoms with Gasteiger partial charge in [-0.2, -0.15) is 5.10 Å². The van der Waals surface area contributed by atoms with E-state index in [-0.39, 0.29) is 11.1 Å². The molecule has 2 aromatic rings. The van der Waals surface area contributed by atoms with Crippen molar-refractivity contribution in [3.8, 4) is 0 Å². The van der Waals surface area contributed by atoms with Crippen molar-refractivity contribution in [3.63, 3.8) is 0 Å². The standard InChI is InChI=1S/C11H19N7O/c1-10(2,3)7-12-9(19)18(15-7)6-11(4,5)8-13-16-17-14-8/h6H2,1-5H3,(H,12,15,19)(H,13,14,16,17). The first kappa shape index (κ1) is 13.4. The molecule has 0 aliphatic heterocycles. The van der Waals surface area contributed by atoms with Crippen LogP contribution in [0.5, 0.6) is 0 Å². The van der Waals surface area contributed by atoms with Crippen molar-refractivity contribution < 1.29 is 0 Å². The molecule has 19 heavy (non-hydrogen) atoms. The van der Waals surface area contributed by atoms with Crippen molar-refractivity contribution in [3.05, 3.63) is 22.1 Å². The van der Waals surface area contributed by atoms with E-state index in [4.69, 9.17) is 0 Å². The molecule has 0 bridgehead atoms. The maximum atomic E-state index is 11.9. The maximum Gasteiger partial charge on any atom is 0.343 e. The van der Waals surface area contributed by atoms with Crippen LogP contribution in [0.15, 0.2) is 4.79 Å². The minimum atomic E-state index is -0.405. The van der Waals surface area contributed by atoms with Gasteiger partial charge >= 0.3 is 5.69 Å². The van der Waals surface area contributed by atoms with Gasteiger partial charge in [0, 0.05) is 10.8 Å². The van der Waals surface area contributed by atoms with E-state index in [1.54, 1.807) is 0 Å². The first-order valence-corrected chi connectivity index (χ1v) is 6.12. The number of hydrogen-bond donors (Lipinski definition) is 2. The third kappa shape index (κ3) is 2.72. The van der Waals surface area contributed by atoms with Gasteiger partial charge < -0.3 is 0 Å². The summed E-state index contributed by atoms with van der Waals surface area (Å²) >= 11 is 0. The van der Waals surface area contributed by atoms with E-state index >= 15 is 0 Å². The lowest BCUT2D eigenvalue weighted by Gasteiger charge is -2.20. The molecule has 0 saturated carbocycles. The Balaban J connectivity index is 2.30. The van der Waals surface area contributed by atoms with Crippen molar-refractivity contribution in [2.24, 2.45) is 0 Å². The summed E-state index contributed by atoms with van der Waals surface area (Å²) in [5.41, 5.74) is -0.814. The Hall–Kier alpha value is -1.99. The molecule has 8 heteroatoms. The smallest absolute Gasteiger partial charge is 0.292 e. The summed E-state index contributed by atoms with van der Waals surface area (Å²) in [5, 5.41) is 18.1. The highest BCUT2D eigenvalue weighted by Crippen LogP contribution is 2.21. The fourth-order valence-corrected chi connectivity index (χ4v) is 1.70. The van der Waals surface area contributed by atoms with E-state index in [1.165, 1.54) is 4.68 Å². The minimum absolute atomic E-state index is 0.192. The van der Waals surface area contributed by atoms with Gasteiger partial charge in [-0.15, -0.1) is 5.10 Å². The second-order valence-electron chi connectivity index (χ2n) is 6.32. The summed E-state index contributed by atoms with van der Waals surface area (Å²) in [4.78, 5) is 14.7. The Kier molecular flexibility index (Phi) is 3.03. The molecule has 0 aliphatic rings. The summed E-state index contributed by atoms with van der Waals surface area (Å²) < 4.78 is 1.42. The SMILES string of the molecule is CC(C)(C)c1nn(CC(C)(C)c2nnn[nH]2)c(=O)[nH]1. The third-order valence-corrected chi connectivity index (χ3v) is 2.92. The molecule has 0 saturated heterocycles. The maximum absolute atomic E-state index is 11.9. The molecular weight excluding hydrogens is 246 g/mol. The lowest BCUT2D eigenvalue weighted by atomic mass is 9.93. The Morgan fingerprint density at radius 2 is 1.84 bits per heavy atom. The van der Waals surface area contributed by atoms with Crippen LogP contribution in [0.3, 0.4) is 0 Å². The van der Waals surface area contributed by atoms with Crippen LogP contribution in [0.1, 0.15) is 46.3 Å². The fraction of sp³-hybridized carbons (Fsp3) is 0.727. The van der Waals surface area contributed by atoms with Crippen LogP contribution in [0.2, 0.25) is 0 Å². The molecule has 8 nitrogen and oxygen atoms in total. The van der Waals surface area contributed by atoms with Crippen molar-refractivity contribution in [2.75, 3.05) is 0 Å². The predicted octanol–water partition coefficient (Wildman–Crippen LogP) is 0.360. The molecule has 2 N–H and O–H groups in total. The Morgan fingerprint density at radius 3 is 2.32 bits per heavy atom. The normalized spacial score (nSPS) is 12.9. The fourth-order valence-electron chi connectivity index (χ4n) is 1.70. The van der Waals surface area contributed by atoms with Gasteiger partial charge in [0.15, 0.2) is 5.82 Å². The molecule has 0 radical (unpaired) electrons. The van der Waals surface area contributed by atoms with Gasteiger partial charge in [-0.1, -0.05) is 34.6 Å². The summed E-state index contributed by atoms with van der Waals surface area (Å²) in [6.07, 6.45) is 0. The van der Waals surface area contributed by atoms with Gasteiger partial charge in [0.2, 0.25) is 0 Å². The highest BCUT2D eigenvalue weighted by molar-refractivity contribution is 5.02. The molecule has 0 fully saturated rings. The Bertz CT molecular complexity index is 600. The van der Waals surface area contributed by atoms with E-state index in [0.717, 1.165) is 0 Å². The number of nitrogens with zero attached hydrogens (tertiary/aromatic N) is 5. The first-order valence-electron chi connectivity index (χ1n) is 6.12. The van der Waals surface area contributed by atoms with E-state index in [0.29, 0.717) is 18.2 Å². The molecule has 0 amide bonds. The zero-order valence-electron chi connectivity index (χ0n) is 11.9. The molecule has 104 valence electrons. The molecular formula is C11H19N7O. The molecule has 0 aromatic carbocycles. The number of rotatable bonds is 3. The number of hydrogen-bond acceptors (Lipinski definition) is 5. The van der Waals surface area contributed by atoms with Crippen molar-refractivity contribution in [1.82, 2.24) is 35.4 Å². The van der Waals surface area contributed by atoms with Crippen LogP contribution in [0, 0.1) is 0 Å². The molecule has 2 aromatic heterocycles. The van der Waals surface area contributed by atoms with Gasteiger partial charge in [-0.05, 0) is 10.4 Å². The zero-order chi connectivity index (χ0) is 14.3. The molecule has 0 unspecified atom stereocenters. The quantitative estimate of drug-likeness (QED) is 0.833. The zero-order valence-corrected chi connectivity index (χ0v) is 11.9. The third-order valence-electron chi connectivity index (χ3n) is 2.92. The van der Waals surface area contributed by atoms with E-state index in [2.05, 4.69) is 30.7 Å². The van der Waals surface area contributed by atoms with Gasteiger partial charge in [0.05, 0.1) is 6.54 Å². The summed E-state index contributed by atoms with van der Waals surface area (Å²) in [6.45, 7) is 10.3. The average Bonchev–Trinajstić information content (AvgIpc) is 2.87. The van der Waals surface area contributed by atoms with E-state index in [1.807, 2.05) is 34.6 Å². The van der Waals surface area contributed by atoms with Gasteiger partial charge in [-0.3, -0.25) is 4.98 Å². The summed E-state index contributed by atoms with van der Waals surface area (Å²) in [6, 6.07) is 0. The number of nitrogens with one attached hydrogen (secondary N) is 2.